The zero-order valence-corrected chi connectivity index (χ0v) is 16.4. The summed E-state index contributed by atoms with van der Waals surface area (Å²) < 4.78 is 8.01. The number of para-hydroxylation sites is 2. The third kappa shape index (κ3) is 3.86. The molecule has 0 aliphatic carbocycles. The summed E-state index contributed by atoms with van der Waals surface area (Å²) in [4.78, 5) is 7.52. The van der Waals surface area contributed by atoms with Crippen LogP contribution in [0.15, 0.2) is 48.5 Å². The summed E-state index contributed by atoms with van der Waals surface area (Å²) in [6, 6.07) is 17.4. The van der Waals surface area contributed by atoms with Crippen LogP contribution in [0, 0.1) is 6.92 Å². The topological polar surface area (TPSA) is 30.3 Å². The maximum atomic E-state index is 5.63. The quantitative estimate of drug-likeness (QED) is 0.591. The Hall–Kier alpha value is -2.33. The lowest BCUT2D eigenvalue weighted by Crippen LogP contribution is -2.33. The Balaban J connectivity index is 1.52. The summed E-state index contributed by atoms with van der Waals surface area (Å²) in [7, 11) is 0. The number of fused-ring (bicyclic) bond motifs is 1. The van der Waals surface area contributed by atoms with Gasteiger partial charge in [-0.2, -0.15) is 0 Å². The highest BCUT2D eigenvalue weighted by atomic mass is 16.5. The maximum Gasteiger partial charge on any atom is 0.113 e. The minimum absolute atomic E-state index is 0.515. The Morgan fingerprint density at radius 3 is 2.52 bits per heavy atom. The highest BCUT2D eigenvalue weighted by Gasteiger charge is 2.25. The summed E-state index contributed by atoms with van der Waals surface area (Å²) in [5.74, 6) is 1.75. The smallest absolute Gasteiger partial charge is 0.113 e. The van der Waals surface area contributed by atoms with Gasteiger partial charge in [0, 0.05) is 37.8 Å². The molecule has 4 rings (SSSR count). The number of aromatic nitrogens is 2. The summed E-state index contributed by atoms with van der Waals surface area (Å²) in [6.07, 6.45) is 2.29. The number of benzene rings is 2. The molecule has 4 heteroatoms. The second kappa shape index (κ2) is 8.13. The third-order valence-corrected chi connectivity index (χ3v) is 5.61. The van der Waals surface area contributed by atoms with Crippen LogP contribution < -0.4 is 4.90 Å². The van der Waals surface area contributed by atoms with E-state index in [2.05, 4.69) is 64.9 Å². The SMILES string of the molecule is CCOCCn1c(C2CCN(c3ccc(C)cc3)CC2)nc2ccccc21. The Kier molecular flexibility index (Phi) is 5.44. The molecule has 1 aliphatic rings. The second-order valence-electron chi connectivity index (χ2n) is 7.40. The van der Waals surface area contributed by atoms with E-state index in [1.807, 2.05) is 6.92 Å². The van der Waals surface area contributed by atoms with Gasteiger partial charge in [0.15, 0.2) is 0 Å². The first-order chi connectivity index (χ1) is 13.3. The predicted molar refractivity (Wildman–Crippen MR) is 112 cm³/mol. The molecule has 2 heterocycles. The summed E-state index contributed by atoms with van der Waals surface area (Å²) in [6.45, 7) is 8.74. The van der Waals surface area contributed by atoms with Gasteiger partial charge >= 0.3 is 0 Å². The van der Waals surface area contributed by atoms with Gasteiger partial charge in [0.05, 0.1) is 17.6 Å². The minimum atomic E-state index is 0.515. The molecule has 0 unspecified atom stereocenters. The molecule has 1 aliphatic heterocycles. The molecule has 0 amide bonds. The molecular formula is C23H29N3O. The van der Waals surface area contributed by atoms with Crippen LogP contribution in [0.3, 0.4) is 0 Å². The number of hydrogen-bond donors (Lipinski definition) is 0. The fraction of sp³-hybridized carbons (Fsp3) is 0.435. The lowest BCUT2D eigenvalue weighted by atomic mass is 9.95. The summed E-state index contributed by atoms with van der Waals surface area (Å²) in [5.41, 5.74) is 4.98. The van der Waals surface area contributed by atoms with E-state index in [1.54, 1.807) is 0 Å². The van der Waals surface area contributed by atoms with Crippen molar-refractivity contribution < 1.29 is 4.74 Å². The van der Waals surface area contributed by atoms with Gasteiger partial charge in [0.2, 0.25) is 0 Å². The standard InChI is InChI=1S/C23H29N3O/c1-3-27-17-16-26-22-7-5-4-6-21(22)24-23(26)19-12-14-25(15-13-19)20-10-8-18(2)9-11-20/h4-11,19H,3,12-17H2,1-2H3. The molecule has 1 fully saturated rings. The number of ether oxygens (including phenoxy) is 1. The van der Waals surface area contributed by atoms with E-state index in [9.17, 15) is 0 Å². The molecule has 1 saturated heterocycles. The molecule has 3 aromatic rings. The molecule has 142 valence electrons. The van der Waals surface area contributed by atoms with Crippen LogP contribution >= 0.6 is 0 Å². The molecule has 0 bridgehead atoms. The Labute approximate surface area is 161 Å². The average Bonchev–Trinajstić information content (AvgIpc) is 3.08. The van der Waals surface area contributed by atoms with Crippen LogP contribution in [-0.2, 0) is 11.3 Å². The number of rotatable bonds is 6. The minimum Gasteiger partial charge on any atom is -0.380 e. The van der Waals surface area contributed by atoms with E-state index in [4.69, 9.17) is 9.72 Å². The number of nitrogens with zero attached hydrogens (tertiary/aromatic N) is 3. The highest BCUT2D eigenvalue weighted by molar-refractivity contribution is 5.76. The van der Waals surface area contributed by atoms with Gasteiger partial charge < -0.3 is 14.2 Å². The number of imidazole rings is 1. The first-order valence-corrected chi connectivity index (χ1v) is 10.1. The largest absolute Gasteiger partial charge is 0.380 e. The predicted octanol–water partition coefficient (Wildman–Crippen LogP) is 4.77. The van der Waals surface area contributed by atoms with Crippen molar-refractivity contribution in [2.24, 2.45) is 0 Å². The molecule has 0 radical (unpaired) electrons. The first-order valence-electron chi connectivity index (χ1n) is 10.1. The normalized spacial score (nSPS) is 15.6. The van der Waals surface area contributed by atoms with Crippen molar-refractivity contribution in [3.8, 4) is 0 Å². The van der Waals surface area contributed by atoms with Gasteiger partial charge in [-0.1, -0.05) is 29.8 Å². The molecule has 0 spiro atoms. The van der Waals surface area contributed by atoms with Crippen molar-refractivity contribution in [2.45, 2.75) is 39.2 Å². The monoisotopic (exact) mass is 363 g/mol. The molecule has 0 saturated carbocycles. The third-order valence-electron chi connectivity index (χ3n) is 5.61. The molecule has 4 nitrogen and oxygen atoms in total. The fourth-order valence-electron chi connectivity index (χ4n) is 4.09. The molecular weight excluding hydrogens is 334 g/mol. The van der Waals surface area contributed by atoms with Gasteiger partial charge in [-0.05, 0) is 51.0 Å². The van der Waals surface area contributed by atoms with E-state index < -0.39 is 0 Å². The van der Waals surface area contributed by atoms with Gasteiger partial charge in [0.1, 0.15) is 5.82 Å². The van der Waals surface area contributed by atoms with Crippen molar-refractivity contribution >= 4 is 16.7 Å². The summed E-state index contributed by atoms with van der Waals surface area (Å²) >= 11 is 0. The summed E-state index contributed by atoms with van der Waals surface area (Å²) in [5, 5.41) is 0. The van der Waals surface area contributed by atoms with E-state index in [0.717, 1.165) is 51.2 Å². The van der Waals surface area contributed by atoms with E-state index >= 15 is 0 Å². The van der Waals surface area contributed by atoms with Gasteiger partial charge in [-0.15, -0.1) is 0 Å². The molecule has 1 aromatic heterocycles. The van der Waals surface area contributed by atoms with Crippen LogP contribution in [0.1, 0.15) is 37.1 Å². The fourth-order valence-corrected chi connectivity index (χ4v) is 4.09. The Morgan fingerprint density at radius 2 is 1.78 bits per heavy atom. The van der Waals surface area contributed by atoms with Crippen LogP contribution in [0.25, 0.3) is 11.0 Å². The average molecular weight is 364 g/mol. The number of piperidine rings is 1. The lowest BCUT2D eigenvalue weighted by molar-refractivity contribution is 0.138. The number of aryl methyl sites for hydroxylation is 1. The Bertz CT molecular complexity index is 876. The van der Waals surface area contributed by atoms with Crippen LogP contribution in [0.4, 0.5) is 5.69 Å². The van der Waals surface area contributed by atoms with Crippen LogP contribution in [0.2, 0.25) is 0 Å². The lowest BCUT2D eigenvalue weighted by Gasteiger charge is -2.33. The van der Waals surface area contributed by atoms with Crippen molar-refractivity contribution in [3.05, 3.63) is 59.9 Å². The van der Waals surface area contributed by atoms with Crippen molar-refractivity contribution in [3.63, 3.8) is 0 Å². The van der Waals surface area contributed by atoms with Crippen LogP contribution in [0.5, 0.6) is 0 Å². The van der Waals surface area contributed by atoms with Crippen molar-refractivity contribution in [1.82, 2.24) is 9.55 Å². The van der Waals surface area contributed by atoms with E-state index in [-0.39, 0.29) is 0 Å². The molecule has 0 N–H and O–H groups in total. The van der Waals surface area contributed by atoms with Gasteiger partial charge in [0.25, 0.3) is 0 Å². The molecule has 0 atom stereocenters. The number of hydrogen-bond acceptors (Lipinski definition) is 3. The maximum absolute atomic E-state index is 5.63. The van der Waals surface area contributed by atoms with Gasteiger partial charge in [-0.25, -0.2) is 4.98 Å². The Morgan fingerprint density at radius 1 is 1.04 bits per heavy atom. The van der Waals surface area contributed by atoms with Gasteiger partial charge in [-0.3, -0.25) is 0 Å². The first kappa shape index (κ1) is 18.1. The zero-order valence-electron chi connectivity index (χ0n) is 16.4. The van der Waals surface area contributed by atoms with E-state index in [0.29, 0.717) is 5.92 Å². The second-order valence-corrected chi connectivity index (χ2v) is 7.40. The van der Waals surface area contributed by atoms with Crippen molar-refractivity contribution in [1.29, 1.82) is 0 Å². The molecule has 2 aromatic carbocycles. The number of anilines is 1. The van der Waals surface area contributed by atoms with E-state index in [1.165, 1.54) is 22.6 Å². The zero-order chi connectivity index (χ0) is 18.6. The molecule has 27 heavy (non-hydrogen) atoms. The van der Waals surface area contributed by atoms with Crippen molar-refractivity contribution in [2.75, 3.05) is 31.2 Å². The van der Waals surface area contributed by atoms with Crippen LogP contribution in [-0.4, -0.2) is 35.9 Å². The highest BCUT2D eigenvalue weighted by Crippen LogP contribution is 2.32.